The maximum atomic E-state index is 2.59. The highest BCUT2D eigenvalue weighted by molar-refractivity contribution is 5.15. The van der Waals surface area contributed by atoms with Crippen LogP contribution in [0.3, 0.4) is 0 Å². The lowest BCUT2D eigenvalue weighted by Crippen LogP contribution is -2.29. The molecule has 0 heterocycles. The van der Waals surface area contributed by atoms with E-state index in [9.17, 15) is 0 Å². The van der Waals surface area contributed by atoms with Crippen molar-refractivity contribution in [1.82, 2.24) is 0 Å². The van der Waals surface area contributed by atoms with Gasteiger partial charge in [-0.1, -0.05) is 63.3 Å². The van der Waals surface area contributed by atoms with Crippen LogP contribution in [0.1, 0.15) is 71.1 Å². The van der Waals surface area contributed by atoms with E-state index in [1.165, 1.54) is 64.2 Å². The van der Waals surface area contributed by atoms with E-state index in [0.29, 0.717) is 0 Å². The maximum Gasteiger partial charge on any atom is -0.0196 e. The largest absolute Gasteiger partial charge is 0.0851 e. The minimum atomic E-state index is 0.951. The number of rotatable bonds is 8. The monoisotopic (exact) mass is 298 g/mol. The molecule has 0 saturated heterocycles. The highest BCUT2D eigenvalue weighted by Crippen LogP contribution is 2.55. The van der Waals surface area contributed by atoms with Gasteiger partial charge < -0.3 is 0 Å². The quantitative estimate of drug-likeness (QED) is 0.360. The van der Waals surface area contributed by atoms with E-state index < -0.39 is 0 Å². The molecule has 22 heavy (non-hydrogen) atoms. The summed E-state index contributed by atoms with van der Waals surface area (Å²) < 4.78 is 0. The number of unbranched alkanes of at least 4 members (excludes halogenated alkanes) is 4. The van der Waals surface area contributed by atoms with Crippen LogP contribution in [0.2, 0.25) is 0 Å². The fourth-order valence-electron chi connectivity index (χ4n) is 6.36. The predicted octanol–water partition coefficient (Wildman–Crippen LogP) is 6.39. The summed E-state index contributed by atoms with van der Waals surface area (Å²) in [5.74, 6) is 6.93. The van der Waals surface area contributed by atoms with E-state index >= 15 is 0 Å². The molecule has 0 aromatic heterocycles. The second-order valence-corrected chi connectivity index (χ2v) is 8.75. The minimum Gasteiger partial charge on any atom is -0.0851 e. The van der Waals surface area contributed by atoms with Crippen LogP contribution >= 0.6 is 0 Å². The van der Waals surface area contributed by atoms with Crippen LogP contribution in [0.15, 0.2) is 24.3 Å². The highest BCUT2D eigenvalue weighted by Gasteiger charge is 2.47. The van der Waals surface area contributed by atoms with Crippen molar-refractivity contribution >= 4 is 0 Å². The van der Waals surface area contributed by atoms with Gasteiger partial charge in [-0.25, -0.2) is 0 Å². The summed E-state index contributed by atoms with van der Waals surface area (Å²) in [5.41, 5.74) is 0. The zero-order valence-electron chi connectivity index (χ0n) is 14.4. The van der Waals surface area contributed by atoms with Gasteiger partial charge in [-0.3, -0.25) is 0 Å². The van der Waals surface area contributed by atoms with Crippen molar-refractivity contribution in [3.8, 4) is 0 Å². The van der Waals surface area contributed by atoms with E-state index in [1.54, 1.807) is 0 Å². The van der Waals surface area contributed by atoms with Gasteiger partial charge in [-0.15, -0.1) is 0 Å². The molecule has 2 saturated carbocycles. The Labute approximate surface area is 137 Å². The van der Waals surface area contributed by atoms with Crippen LogP contribution < -0.4 is 0 Å². The van der Waals surface area contributed by atoms with E-state index in [2.05, 4.69) is 31.2 Å². The molecule has 2 fully saturated rings. The summed E-state index contributed by atoms with van der Waals surface area (Å²) in [6.45, 7) is 2.33. The summed E-state index contributed by atoms with van der Waals surface area (Å²) in [5, 5.41) is 0. The normalized spacial score (nSPS) is 42.6. The van der Waals surface area contributed by atoms with Crippen LogP contribution in [-0.2, 0) is 0 Å². The van der Waals surface area contributed by atoms with Crippen molar-refractivity contribution < 1.29 is 0 Å². The first-order chi connectivity index (χ1) is 10.8. The molecule has 4 rings (SSSR count). The topological polar surface area (TPSA) is 0 Å². The number of allylic oxidation sites excluding steroid dienone is 4. The van der Waals surface area contributed by atoms with Crippen LogP contribution in [0.25, 0.3) is 0 Å². The molecule has 0 amide bonds. The molecular formula is C22H34. The van der Waals surface area contributed by atoms with E-state index in [-0.39, 0.29) is 0 Å². The lowest BCUT2D eigenvalue weighted by Gasteiger charge is -2.36. The third-order valence-electron chi connectivity index (χ3n) is 7.40. The van der Waals surface area contributed by atoms with Crippen molar-refractivity contribution in [2.45, 2.75) is 71.1 Å². The van der Waals surface area contributed by atoms with Gasteiger partial charge in [0, 0.05) is 0 Å². The van der Waals surface area contributed by atoms with Gasteiger partial charge in [0.05, 0.1) is 0 Å². The molecule has 0 radical (unpaired) electrons. The second kappa shape index (κ2) is 6.54. The Morgan fingerprint density at radius 2 is 1.32 bits per heavy atom. The molecule has 4 bridgehead atoms. The minimum absolute atomic E-state index is 0.951. The molecule has 0 aromatic carbocycles. The smallest absolute Gasteiger partial charge is 0.0196 e. The van der Waals surface area contributed by atoms with Gasteiger partial charge in [0.2, 0.25) is 0 Å². The molecule has 0 N–H and O–H groups in total. The molecular weight excluding hydrogens is 264 g/mol. The molecule has 0 aliphatic heterocycles. The third kappa shape index (κ3) is 2.83. The average molecular weight is 299 g/mol. The number of fused-ring (bicyclic) bond motifs is 4. The van der Waals surface area contributed by atoms with Crippen molar-refractivity contribution in [2.24, 2.45) is 41.4 Å². The summed E-state index contributed by atoms with van der Waals surface area (Å²) >= 11 is 0. The van der Waals surface area contributed by atoms with Gasteiger partial charge >= 0.3 is 0 Å². The number of hydrogen-bond donors (Lipinski definition) is 0. The molecule has 6 unspecified atom stereocenters. The zero-order chi connectivity index (χ0) is 14.9. The van der Waals surface area contributed by atoms with Crippen molar-refractivity contribution in [2.75, 3.05) is 0 Å². The summed E-state index contributed by atoms with van der Waals surface area (Å²) in [7, 11) is 0. The Bertz CT molecular complexity index is 397. The molecule has 4 aliphatic rings. The highest BCUT2D eigenvalue weighted by atomic mass is 14.5. The fourth-order valence-corrected chi connectivity index (χ4v) is 6.36. The van der Waals surface area contributed by atoms with Crippen LogP contribution in [0.5, 0.6) is 0 Å². The van der Waals surface area contributed by atoms with Gasteiger partial charge in [0.15, 0.2) is 0 Å². The Hall–Kier alpha value is -0.520. The second-order valence-electron chi connectivity index (χ2n) is 8.75. The van der Waals surface area contributed by atoms with E-state index in [4.69, 9.17) is 0 Å². The van der Waals surface area contributed by atoms with Gasteiger partial charge in [0.25, 0.3) is 0 Å². The zero-order valence-corrected chi connectivity index (χ0v) is 14.4. The first-order valence-corrected chi connectivity index (χ1v) is 10.2. The Morgan fingerprint density at radius 1 is 0.727 bits per heavy atom. The van der Waals surface area contributed by atoms with Crippen LogP contribution in [0, 0.1) is 41.4 Å². The molecule has 0 aromatic rings. The first kappa shape index (κ1) is 15.0. The predicted molar refractivity (Wildman–Crippen MR) is 94.6 cm³/mol. The molecule has 0 heteroatoms. The Kier molecular flexibility index (Phi) is 4.47. The average Bonchev–Trinajstić information content (AvgIpc) is 3.31. The Morgan fingerprint density at radius 3 is 1.77 bits per heavy atom. The third-order valence-corrected chi connectivity index (χ3v) is 7.40. The standard InChI is InChI=1S/C22H34/c1-2-3-4-5-6-7-20(21-14-16-8-10-18(21)12-16)22-15-17-9-11-19(22)13-17/h8-11,16-22H,2-7,12-15H2,1H3. The van der Waals surface area contributed by atoms with Crippen molar-refractivity contribution in [1.29, 1.82) is 0 Å². The SMILES string of the molecule is CCCCCCCC(C1CC2C=CC1C2)C1CC2C=CC1C2. The fraction of sp³-hybridized carbons (Fsp3) is 0.818. The summed E-state index contributed by atoms with van der Waals surface area (Å²) in [6, 6.07) is 0. The lowest BCUT2D eigenvalue weighted by molar-refractivity contribution is 0.158. The molecule has 4 aliphatic carbocycles. The van der Waals surface area contributed by atoms with E-state index in [0.717, 1.165) is 41.4 Å². The Balaban J connectivity index is 1.39. The summed E-state index contributed by atoms with van der Waals surface area (Å²) in [6.07, 6.45) is 25.1. The van der Waals surface area contributed by atoms with Crippen LogP contribution in [-0.4, -0.2) is 0 Å². The van der Waals surface area contributed by atoms with Gasteiger partial charge in [-0.05, 0) is 73.5 Å². The van der Waals surface area contributed by atoms with Gasteiger partial charge in [-0.2, -0.15) is 0 Å². The van der Waals surface area contributed by atoms with Crippen LogP contribution in [0.4, 0.5) is 0 Å². The molecule has 0 nitrogen and oxygen atoms in total. The van der Waals surface area contributed by atoms with E-state index in [1.807, 2.05) is 0 Å². The molecule has 6 atom stereocenters. The molecule has 122 valence electrons. The number of hydrogen-bond acceptors (Lipinski definition) is 0. The lowest BCUT2D eigenvalue weighted by atomic mass is 9.69. The maximum absolute atomic E-state index is 2.59. The van der Waals surface area contributed by atoms with Gasteiger partial charge in [0.1, 0.15) is 0 Å². The molecule has 0 spiro atoms. The first-order valence-electron chi connectivity index (χ1n) is 10.2. The van der Waals surface area contributed by atoms with Crippen molar-refractivity contribution in [3.63, 3.8) is 0 Å². The summed E-state index contributed by atoms with van der Waals surface area (Å²) in [4.78, 5) is 0. The van der Waals surface area contributed by atoms with Crippen molar-refractivity contribution in [3.05, 3.63) is 24.3 Å².